The fourth-order valence-corrected chi connectivity index (χ4v) is 3.68. The number of hydrogen-bond acceptors (Lipinski definition) is 4. The molecule has 4 rings (SSSR count). The highest BCUT2D eigenvalue weighted by molar-refractivity contribution is 9.10. The Balaban J connectivity index is 2.02. The zero-order chi connectivity index (χ0) is 20.1. The monoisotopic (exact) mass is 432 g/mol. The summed E-state index contributed by atoms with van der Waals surface area (Å²) in [5.41, 5.74) is 3.48. The molecule has 0 spiro atoms. The van der Waals surface area contributed by atoms with Crippen LogP contribution in [0, 0.1) is 11.3 Å². The number of nitrogens with zero attached hydrogens (tertiary/aromatic N) is 4. The highest BCUT2D eigenvalue weighted by atomic mass is 79.9. The third-order valence-electron chi connectivity index (χ3n) is 4.93. The van der Waals surface area contributed by atoms with Crippen molar-refractivity contribution in [3.8, 4) is 17.3 Å². The first kappa shape index (κ1) is 18.3. The summed E-state index contributed by atoms with van der Waals surface area (Å²) in [4.78, 5) is 16.6. The van der Waals surface area contributed by atoms with Crippen LogP contribution < -0.4 is 0 Å². The quantitative estimate of drug-likeness (QED) is 0.420. The van der Waals surface area contributed by atoms with Crippen LogP contribution in [0.1, 0.15) is 31.1 Å². The second-order valence-electron chi connectivity index (χ2n) is 7.27. The van der Waals surface area contributed by atoms with Crippen LogP contribution in [0.3, 0.4) is 0 Å². The second kappa shape index (κ2) is 6.54. The highest BCUT2D eigenvalue weighted by Gasteiger charge is 2.21. The molecule has 0 radical (unpaired) electrons. The molecule has 0 amide bonds. The smallest absolute Gasteiger partial charge is 0.244 e. The highest BCUT2D eigenvalue weighted by Crippen LogP contribution is 2.35. The normalized spacial score (nSPS) is 11.7. The summed E-state index contributed by atoms with van der Waals surface area (Å²) < 4.78 is 2.33. The van der Waals surface area contributed by atoms with Gasteiger partial charge in [0.2, 0.25) is 5.91 Å². The molecule has 0 atom stereocenters. The van der Waals surface area contributed by atoms with Gasteiger partial charge in [-0.3, -0.25) is 9.78 Å². The maximum atomic E-state index is 12.2. The molecule has 2 aromatic heterocycles. The fraction of sp³-hybridized carbons (Fsp3) is 0.182. The molecule has 0 aliphatic rings. The molecule has 0 saturated heterocycles. The predicted molar refractivity (Wildman–Crippen MR) is 113 cm³/mol. The molecule has 2 heterocycles. The van der Waals surface area contributed by atoms with Gasteiger partial charge in [0.1, 0.15) is 5.69 Å². The average Bonchev–Trinajstić information content (AvgIpc) is 3.08. The molecule has 28 heavy (non-hydrogen) atoms. The van der Waals surface area contributed by atoms with E-state index in [-0.39, 0.29) is 5.91 Å². The summed E-state index contributed by atoms with van der Waals surface area (Å²) in [5.74, 6) is -0.172. The Kier molecular flexibility index (Phi) is 4.28. The molecule has 0 aliphatic heterocycles. The minimum atomic E-state index is -0.569. The summed E-state index contributed by atoms with van der Waals surface area (Å²) >= 11 is 3.52. The number of pyridine rings is 1. The summed E-state index contributed by atoms with van der Waals surface area (Å²) in [6.45, 7) is 5.26. The first-order valence-electron chi connectivity index (χ1n) is 8.82. The van der Waals surface area contributed by atoms with E-state index in [1.807, 2.05) is 56.3 Å². The Morgan fingerprint density at radius 3 is 2.54 bits per heavy atom. The molecule has 0 unspecified atom stereocenters. The van der Waals surface area contributed by atoms with Crippen molar-refractivity contribution in [2.75, 3.05) is 0 Å². The molecule has 2 aromatic carbocycles. The van der Waals surface area contributed by atoms with Gasteiger partial charge < -0.3 is 0 Å². The molecule has 0 bridgehead atoms. The number of carbonyl (C=O) groups excluding carboxylic acids is 1. The number of nitriles is 1. The van der Waals surface area contributed by atoms with Crippen molar-refractivity contribution in [3.63, 3.8) is 0 Å². The van der Waals surface area contributed by atoms with Crippen LogP contribution in [0.25, 0.3) is 33.1 Å². The van der Waals surface area contributed by atoms with E-state index in [9.17, 15) is 10.1 Å². The van der Waals surface area contributed by atoms with Crippen LogP contribution in [0.2, 0.25) is 0 Å². The number of rotatable bonds is 2. The van der Waals surface area contributed by atoms with Gasteiger partial charge in [-0.1, -0.05) is 40.2 Å². The van der Waals surface area contributed by atoms with Crippen LogP contribution in [0.15, 0.2) is 53.1 Å². The summed E-state index contributed by atoms with van der Waals surface area (Å²) in [5, 5.41) is 15.8. The zero-order valence-electron chi connectivity index (χ0n) is 15.7. The van der Waals surface area contributed by atoms with Gasteiger partial charge in [0.25, 0.3) is 0 Å². The van der Waals surface area contributed by atoms with E-state index < -0.39 is 5.41 Å². The van der Waals surface area contributed by atoms with Gasteiger partial charge in [0.15, 0.2) is 0 Å². The Hall–Kier alpha value is -3.04. The van der Waals surface area contributed by atoms with Crippen molar-refractivity contribution in [1.29, 1.82) is 5.26 Å². The average molecular weight is 433 g/mol. The Labute approximate surface area is 170 Å². The van der Waals surface area contributed by atoms with Gasteiger partial charge in [-0.15, -0.1) is 0 Å². The van der Waals surface area contributed by atoms with Crippen LogP contribution in [0.5, 0.6) is 0 Å². The van der Waals surface area contributed by atoms with E-state index >= 15 is 0 Å². The number of fused-ring (bicyclic) bond motifs is 3. The van der Waals surface area contributed by atoms with Gasteiger partial charge in [0.05, 0.1) is 28.7 Å². The molecule has 138 valence electrons. The van der Waals surface area contributed by atoms with Crippen LogP contribution in [-0.2, 0) is 5.41 Å². The van der Waals surface area contributed by atoms with Crippen molar-refractivity contribution in [3.05, 3.63) is 58.7 Å². The third kappa shape index (κ3) is 2.88. The van der Waals surface area contributed by atoms with Gasteiger partial charge in [-0.05, 0) is 37.6 Å². The van der Waals surface area contributed by atoms with E-state index in [2.05, 4.69) is 32.1 Å². The second-order valence-corrected chi connectivity index (χ2v) is 8.19. The van der Waals surface area contributed by atoms with Crippen LogP contribution in [-0.4, -0.2) is 20.7 Å². The first-order chi connectivity index (χ1) is 13.3. The third-order valence-corrected chi connectivity index (χ3v) is 5.43. The summed E-state index contributed by atoms with van der Waals surface area (Å²) in [6.07, 6.45) is 1.69. The van der Waals surface area contributed by atoms with Crippen molar-refractivity contribution < 1.29 is 4.79 Å². The molecule has 0 aliphatic carbocycles. The number of halogens is 1. The van der Waals surface area contributed by atoms with E-state index in [0.29, 0.717) is 5.52 Å². The zero-order valence-corrected chi connectivity index (χ0v) is 17.3. The van der Waals surface area contributed by atoms with E-state index in [1.165, 1.54) is 11.6 Å². The van der Waals surface area contributed by atoms with Crippen LogP contribution in [0.4, 0.5) is 0 Å². The van der Waals surface area contributed by atoms with Gasteiger partial charge >= 0.3 is 0 Å². The van der Waals surface area contributed by atoms with E-state index in [4.69, 9.17) is 0 Å². The Bertz CT molecular complexity index is 1280. The minimum Gasteiger partial charge on any atom is -0.273 e. The lowest BCUT2D eigenvalue weighted by atomic mass is 9.86. The standard InChI is InChI=1S/C22H17BrN4O/c1-13(28)27-19-11-25-18-9-8-16(23)10-17(18)20(19)21(26-27)14-4-6-15(7-5-14)22(2,3)12-24/h4-11H,1-3H3. The van der Waals surface area contributed by atoms with Crippen molar-refractivity contribution in [2.45, 2.75) is 26.2 Å². The molecule has 6 heteroatoms. The van der Waals surface area contributed by atoms with Crippen LogP contribution >= 0.6 is 15.9 Å². The summed E-state index contributed by atoms with van der Waals surface area (Å²) in [6, 6.07) is 16.0. The van der Waals surface area contributed by atoms with Crippen molar-refractivity contribution in [1.82, 2.24) is 14.8 Å². The number of aromatic nitrogens is 3. The van der Waals surface area contributed by atoms with Gasteiger partial charge in [-0.25, -0.2) is 0 Å². The lowest BCUT2D eigenvalue weighted by molar-refractivity contribution is 0.0927. The molecule has 5 nitrogen and oxygen atoms in total. The molecular formula is C22H17BrN4O. The Morgan fingerprint density at radius 1 is 1.18 bits per heavy atom. The predicted octanol–water partition coefficient (Wildman–Crippen LogP) is 5.48. The topological polar surface area (TPSA) is 71.6 Å². The lowest BCUT2D eigenvalue weighted by Gasteiger charge is -2.15. The number of hydrogen-bond donors (Lipinski definition) is 0. The molecule has 0 saturated carbocycles. The van der Waals surface area contributed by atoms with E-state index in [1.54, 1.807) is 6.20 Å². The SMILES string of the molecule is CC(=O)n1nc(-c2ccc(C(C)(C)C#N)cc2)c2c3cc(Br)ccc3ncc21. The molecule has 4 aromatic rings. The van der Waals surface area contributed by atoms with Crippen molar-refractivity contribution >= 4 is 43.6 Å². The lowest BCUT2D eigenvalue weighted by Crippen LogP contribution is -2.13. The molecule has 0 N–H and O–H groups in total. The largest absolute Gasteiger partial charge is 0.273 e. The van der Waals surface area contributed by atoms with E-state index in [0.717, 1.165) is 37.6 Å². The fourth-order valence-electron chi connectivity index (χ4n) is 3.32. The molecule has 0 fully saturated rings. The van der Waals surface area contributed by atoms with Gasteiger partial charge in [0, 0.05) is 27.7 Å². The summed E-state index contributed by atoms with van der Waals surface area (Å²) in [7, 11) is 0. The molecular weight excluding hydrogens is 416 g/mol. The minimum absolute atomic E-state index is 0.172. The van der Waals surface area contributed by atoms with Gasteiger partial charge in [-0.2, -0.15) is 15.0 Å². The van der Waals surface area contributed by atoms with Crippen molar-refractivity contribution in [2.24, 2.45) is 0 Å². The maximum absolute atomic E-state index is 12.2. The Morgan fingerprint density at radius 2 is 1.89 bits per heavy atom. The maximum Gasteiger partial charge on any atom is 0.244 e. The first-order valence-corrected chi connectivity index (χ1v) is 9.61. The number of benzene rings is 2. The number of carbonyl (C=O) groups is 1.